The van der Waals surface area contributed by atoms with Crippen molar-refractivity contribution in [2.75, 3.05) is 19.9 Å². The molecule has 0 aliphatic heterocycles. The molecular weight excluding hydrogens is 408 g/mol. The molecule has 0 bridgehead atoms. The summed E-state index contributed by atoms with van der Waals surface area (Å²) in [7, 11) is 3.20. The number of thioether (sulfide) groups is 1. The Morgan fingerprint density at radius 3 is 2.52 bits per heavy atom. The maximum Gasteiger partial charge on any atom is 0.242 e. The van der Waals surface area contributed by atoms with Crippen LogP contribution in [0.2, 0.25) is 5.02 Å². The van der Waals surface area contributed by atoms with Crippen LogP contribution in [0, 0.1) is 0 Å². The number of hydrogen-bond donors (Lipinski definition) is 1. The Labute approximate surface area is 181 Å². The molecule has 2 rings (SSSR count). The maximum absolute atomic E-state index is 13.0. The zero-order chi connectivity index (χ0) is 21.2. The van der Waals surface area contributed by atoms with Gasteiger partial charge in [0.25, 0.3) is 0 Å². The standard InChI is InChI=1S/C22H27ClN2O3S/c1-4-20(22(27)24-2)25(13-17-6-5-7-19(12-17)28-3)21(26)15-29-14-16-8-10-18(23)11-9-16/h5-12,20H,4,13-15H2,1-3H3,(H,24,27)/t20-/m1/s1. The second kappa shape index (κ2) is 11.7. The molecule has 1 atom stereocenters. The molecule has 0 saturated heterocycles. The zero-order valence-corrected chi connectivity index (χ0v) is 18.6. The number of amides is 2. The normalized spacial score (nSPS) is 11.6. The van der Waals surface area contributed by atoms with Crippen LogP contribution in [0.4, 0.5) is 0 Å². The van der Waals surface area contributed by atoms with Gasteiger partial charge >= 0.3 is 0 Å². The highest BCUT2D eigenvalue weighted by Gasteiger charge is 2.27. The molecule has 0 unspecified atom stereocenters. The molecule has 7 heteroatoms. The summed E-state index contributed by atoms with van der Waals surface area (Å²) in [5.74, 6) is 1.49. The van der Waals surface area contributed by atoms with E-state index in [2.05, 4.69) is 5.32 Å². The van der Waals surface area contributed by atoms with Crippen LogP contribution in [0.1, 0.15) is 24.5 Å². The van der Waals surface area contributed by atoms with Gasteiger partial charge in [-0.25, -0.2) is 0 Å². The van der Waals surface area contributed by atoms with Crippen LogP contribution in [0.3, 0.4) is 0 Å². The van der Waals surface area contributed by atoms with Gasteiger partial charge in [0, 0.05) is 24.4 Å². The smallest absolute Gasteiger partial charge is 0.242 e. The van der Waals surface area contributed by atoms with Crippen molar-refractivity contribution in [1.29, 1.82) is 0 Å². The second-order valence-electron chi connectivity index (χ2n) is 6.53. The number of hydrogen-bond acceptors (Lipinski definition) is 4. The summed E-state index contributed by atoms with van der Waals surface area (Å²) in [6.45, 7) is 2.26. The molecule has 0 radical (unpaired) electrons. The quantitative estimate of drug-likeness (QED) is 0.610. The summed E-state index contributed by atoms with van der Waals surface area (Å²) in [5.41, 5.74) is 2.02. The number of likely N-dealkylation sites (N-methyl/N-ethyl adjacent to an activating group) is 1. The molecule has 2 aromatic carbocycles. The van der Waals surface area contributed by atoms with Crippen LogP contribution in [0.5, 0.6) is 5.75 Å². The van der Waals surface area contributed by atoms with Crippen LogP contribution in [0.15, 0.2) is 48.5 Å². The molecule has 0 saturated carbocycles. The lowest BCUT2D eigenvalue weighted by molar-refractivity contribution is -0.139. The van der Waals surface area contributed by atoms with Gasteiger partial charge in [0.1, 0.15) is 11.8 Å². The molecule has 0 spiro atoms. The van der Waals surface area contributed by atoms with E-state index >= 15 is 0 Å². The molecule has 0 aromatic heterocycles. The van der Waals surface area contributed by atoms with Crippen molar-refractivity contribution in [2.24, 2.45) is 0 Å². The Morgan fingerprint density at radius 1 is 1.17 bits per heavy atom. The summed E-state index contributed by atoms with van der Waals surface area (Å²) in [5, 5.41) is 3.36. The first-order valence-corrected chi connectivity index (χ1v) is 11.0. The highest BCUT2D eigenvalue weighted by atomic mass is 35.5. The zero-order valence-electron chi connectivity index (χ0n) is 17.0. The van der Waals surface area contributed by atoms with Crippen LogP contribution < -0.4 is 10.1 Å². The number of nitrogens with zero attached hydrogens (tertiary/aromatic N) is 1. The number of halogens is 1. The number of methoxy groups -OCH3 is 1. The molecular formula is C22H27ClN2O3S. The van der Waals surface area contributed by atoms with E-state index in [0.717, 1.165) is 16.9 Å². The number of rotatable bonds is 10. The first-order chi connectivity index (χ1) is 14.0. The molecule has 0 aliphatic carbocycles. The monoisotopic (exact) mass is 434 g/mol. The Morgan fingerprint density at radius 2 is 1.90 bits per heavy atom. The van der Waals surface area contributed by atoms with Gasteiger partial charge in [0.15, 0.2) is 0 Å². The van der Waals surface area contributed by atoms with Gasteiger partial charge in [0.05, 0.1) is 12.9 Å². The van der Waals surface area contributed by atoms with E-state index in [1.807, 2.05) is 55.5 Å². The molecule has 5 nitrogen and oxygen atoms in total. The third kappa shape index (κ3) is 6.98. The fourth-order valence-electron chi connectivity index (χ4n) is 2.97. The number of carbonyl (C=O) groups excluding carboxylic acids is 2. The lowest BCUT2D eigenvalue weighted by Gasteiger charge is -2.30. The van der Waals surface area contributed by atoms with E-state index in [4.69, 9.17) is 16.3 Å². The molecule has 0 fully saturated rings. The Kier molecular flexibility index (Phi) is 9.35. The van der Waals surface area contributed by atoms with Gasteiger partial charge in [-0.15, -0.1) is 11.8 Å². The Bertz CT molecular complexity index is 814. The summed E-state index contributed by atoms with van der Waals surface area (Å²) < 4.78 is 5.28. The van der Waals surface area contributed by atoms with E-state index < -0.39 is 6.04 Å². The predicted octanol–water partition coefficient (Wildman–Crippen LogP) is 4.14. The number of nitrogens with one attached hydrogen (secondary N) is 1. The molecule has 29 heavy (non-hydrogen) atoms. The largest absolute Gasteiger partial charge is 0.497 e. The van der Waals surface area contributed by atoms with E-state index in [-0.39, 0.29) is 11.8 Å². The van der Waals surface area contributed by atoms with Crippen molar-refractivity contribution >= 4 is 35.2 Å². The van der Waals surface area contributed by atoms with Gasteiger partial charge < -0.3 is 15.0 Å². The molecule has 0 aliphatic rings. The minimum atomic E-state index is -0.519. The van der Waals surface area contributed by atoms with Crippen molar-refractivity contribution < 1.29 is 14.3 Å². The SMILES string of the molecule is CC[C@H](C(=O)NC)N(Cc1cccc(OC)c1)C(=O)CSCc1ccc(Cl)cc1. The number of ether oxygens (including phenoxy) is 1. The number of benzene rings is 2. The highest BCUT2D eigenvalue weighted by molar-refractivity contribution is 7.99. The van der Waals surface area contributed by atoms with Crippen molar-refractivity contribution in [3.05, 3.63) is 64.7 Å². The molecule has 2 amide bonds. The predicted molar refractivity (Wildman–Crippen MR) is 119 cm³/mol. The minimum absolute atomic E-state index is 0.0674. The van der Waals surface area contributed by atoms with Gasteiger partial charge in [-0.05, 0) is 41.8 Å². The first-order valence-electron chi connectivity index (χ1n) is 9.44. The highest BCUT2D eigenvalue weighted by Crippen LogP contribution is 2.20. The average Bonchev–Trinajstić information content (AvgIpc) is 2.74. The van der Waals surface area contributed by atoms with E-state index in [1.54, 1.807) is 19.1 Å². The second-order valence-corrected chi connectivity index (χ2v) is 7.95. The molecule has 156 valence electrons. The molecule has 2 aromatic rings. The maximum atomic E-state index is 13.0. The van der Waals surface area contributed by atoms with Crippen LogP contribution in [-0.2, 0) is 21.9 Å². The molecule has 0 heterocycles. The third-order valence-corrected chi connectivity index (χ3v) is 5.77. The van der Waals surface area contributed by atoms with Crippen LogP contribution in [-0.4, -0.2) is 42.7 Å². The third-order valence-electron chi connectivity index (χ3n) is 4.53. The van der Waals surface area contributed by atoms with Crippen LogP contribution in [0.25, 0.3) is 0 Å². The van der Waals surface area contributed by atoms with E-state index in [9.17, 15) is 9.59 Å². The van der Waals surface area contributed by atoms with E-state index in [1.165, 1.54) is 11.8 Å². The van der Waals surface area contributed by atoms with Crippen molar-refractivity contribution in [3.8, 4) is 5.75 Å². The fourth-order valence-corrected chi connectivity index (χ4v) is 3.97. The van der Waals surface area contributed by atoms with Gasteiger partial charge in [-0.2, -0.15) is 0 Å². The van der Waals surface area contributed by atoms with Crippen molar-refractivity contribution in [3.63, 3.8) is 0 Å². The summed E-state index contributed by atoms with van der Waals surface area (Å²) in [4.78, 5) is 27.1. The summed E-state index contributed by atoms with van der Waals surface area (Å²) >= 11 is 7.44. The van der Waals surface area contributed by atoms with Crippen LogP contribution >= 0.6 is 23.4 Å². The van der Waals surface area contributed by atoms with Crippen molar-refractivity contribution in [1.82, 2.24) is 10.2 Å². The Balaban J connectivity index is 2.10. The van der Waals surface area contributed by atoms with Crippen molar-refractivity contribution in [2.45, 2.75) is 31.7 Å². The lowest BCUT2D eigenvalue weighted by atomic mass is 10.1. The minimum Gasteiger partial charge on any atom is -0.497 e. The molecule has 1 N–H and O–H groups in total. The average molecular weight is 435 g/mol. The summed E-state index contributed by atoms with van der Waals surface area (Å²) in [6, 6.07) is 14.6. The van der Waals surface area contributed by atoms with Gasteiger partial charge in [0.2, 0.25) is 11.8 Å². The number of carbonyl (C=O) groups is 2. The Hall–Kier alpha value is -2.18. The van der Waals surface area contributed by atoms with Gasteiger partial charge in [-0.1, -0.05) is 42.8 Å². The summed E-state index contributed by atoms with van der Waals surface area (Å²) in [6.07, 6.45) is 0.539. The fraction of sp³-hybridized carbons (Fsp3) is 0.364. The van der Waals surface area contributed by atoms with E-state index in [0.29, 0.717) is 29.5 Å². The lowest BCUT2D eigenvalue weighted by Crippen LogP contribution is -2.48. The first kappa shape index (κ1) is 23.1. The topological polar surface area (TPSA) is 58.6 Å². The van der Waals surface area contributed by atoms with Gasteiger partial charge in [-0.3, -0.25) is 9.59 Å².